The van der Waals surface area contributed by atoms with Gasteiger partial charge in [-0.15, -0.1) is 0 Å². The van der Waals surface area contributed by atoms with Crippen molar-refractivity contribution in [2.75, 3.05) is 11.9 Å². The van der Waals surface area contributed by atoms with E-state index in [9.17, 15) is 14.4 Å². The summed E-state index contributed by atoms with van der Waals surface area (Å²) in [6, 6.07) is 20.5. The van der Waals surface area contributed by atoms with E-state index in [0.717, 1.165) is 11.1 Å². The molecule has 32 heavy (non-hydrogen) atoms. The Bertz CT molecular complexity index is 1160. The Morgan fingerprint density at radius 2 is 1.84 bits per heavy atom. The molecule has 0 aliphatic carbocycles. The van der Waals surface area contributed by atoms with Crippen LogP contribution in [-0.2, 0) is 11.4 Å². The van der Waals surface area contributed by atoms with Crippen LogP contribution in [0.5, 0.6) is 11.5 Å². The average Bonchev–Trinajstić information content (AvgIpc) is 2.78. The number of nitriles is 1. The highest BCUT2D eigenvalue weighted by Crippen LogP contribution is 2.30. The smallest absolute Gasteiger partial charge is 0.266 e. The van der Waals surface area contributed by atoms with Crippen LogP contribution in [0.15, 0.2) is 72.3 Å². The lowest BCUT2D eigenvalue weighted by Crippen LogP contribution is -2.13. The maximum absolute atomic E-state index is 13.0. The topological polar surface area (TPSA) is 71.3 Å². The first kappa shape index (κ1) is 22.6. The lowest BCUT2D eigenvalue weighted by Gasteiger charge is -2.13. The van der Waals surface area contributed by atoms with Gasteiger partial charge in [-0.2, -0.15) is 5.26 Å². The largest absolute Gasteiger partial charge is 0.490 e. The van der Waals surface area contributed by atoms with Gasteiger partial charge in [0.2, 0.25) is 0 Å². The molecule has 162 valence electrons. The van der Waals surface area contributed by atoms with Crippen LogP contribution in [0.4, 0.5) is 10.1 Å². The maximum Gasteiger partial charge on any atom is 0.266 e. The van der Waals surface area contributed by atoms with E-state index < -0.39 is 11.7 Å². The molecule has 3 aromatic rings. The van der Waals surface area contributed by atoms with Crippen molar-refractivity contribution in [2.45, 2.75) is 20.5 Å². The van der Waals surface area contributed by atoms with Gasteiger partial charge in [-0.3, -0.25) is 4.79 Å². The van der Waals surface area contributed by atoms with Gasteiger partial charge in [0.05, 0.1) is 6.61 Å². The summed E-state index contributed by atoms with van der Waals surface area (Å²) >= 11 is 0. The third-order valence-electron chi connectivity index (χ3n) is 4.52. The van der Waals surface area contributed by atoms with Crippen LogP contribution in [-0.4, -0.2) is 12.5 Å². The molecule has 0 saturated heterocycles. The number of amides is 1. The number of aryl methyl sites for hydroxylation is 1. The number of anilines is 1. The van der Waals surface area contributed by atoms with E-state index in [-0.39, 0.29) is 5.57 Å². The fourth-order valence-corrected chi connectivity index (χ4v) is 3.01. The Morgan fingerprint density at radius 1 is 1.06 bits per heavy atom. The second-order valence-electron chi connectivity index (χ2n) is 7.05. The first-order chi connectivity index (χ1) is 15.5. The van der Waals surface area contributed by atoms with Crippen LogP contribution in [0.1, 0.15) is 23.6 Å². The summed E-state index contributed by atoms with van der Waals surface area (Å²) in [7, 11) is 0. The van der Waals surface area contributed by atoms with Crippen molar-refractivity contribution in [3.8, 4) is 17.6 Å². The quantitative estimate of drug-likeness (QED) is 0.370. The molecule has 0 aromatic heterocycles. The van der Waals surface area contributed by atoms with Gasteiger partial charge >= 0.3 is 0 Å². The van der Waals surface area contributed by atoms with Gasteiger partial charge in [0.1, 0.15) is 24.1 Å². The zero-order chi connectivity index (χ0) is 22.9. The number of carbonyl (C=O) groups excluding carboxylic acids is 1. The Kier molecular flexibility index (Phi) is 7.60. The molecular weight excluding hydrogens is 407 g/mol. The van der Waals surface area contributed by atoms with Crippen molar-refractivity contribution in [3.05, 3.63) is 94.8 Å². The van der Waals surface area contributed by atoms with Gasteiger partial charge in [-0.25, -0.2) is 4.39 Å². The number of ether oxygens (including phenoxy) is 2. The van der Waals surface area contributed by atoms with Crippen molar-refractivity contribution in [1.82, 2.24) is 0 Å². The molecule has 1 N–H and O–H groups in total. The fraction of sp³-hybridized carbons (Fsp3) is 0.154. The number of halogens is 1. The first-order valence-electron chi connectivity index (χ1n) is 10.1. The number of carbonyl (C=O) groups is 1. The van der Waals surface area contributed by atoms with Crippen molar-refractivity contribution in [1.29, 1.82) is 5.26 Å². The minimum Gasteiger partial charge on any atom is -0.490 e. The molecule has 0 heterocycles. The highest BCUT2D eigenvalue weighted by molar-refractivity contribution is 6.09. The third-order valence-corrected chi connectivity index (χ3v) is 4.52. The summed E-state index contributed by atoms with van der Waals surface area (Å²) in [5.41, 5.74) is 3.11. The zero-order valence-corrected chi connectivity index (χ0v) is 17.9. The van der Waals surface area contributed by atoms with Crippen LogP contribution in [0.2, 0.25) is 0 Å². The molecule has 0 bridgehead atoms. The van der Waals surface area contributed by atoms with Crippen LogP contribution in [0.25, 0.3) is 6.08 Å². The molecule has 3 rings (SSSR count). The monoisotopic (exact) mass is 430 g/mol. The predicted molar refractivity (Wildman–Crippen MR) is 122 cm³/mol. The Morgan fingerprint density at radius 3 is 2.53 bits per heavy atom. The molecular formula is C26H23FN2O3. The first-order valence-corrected chi connectivity index (χ1v) is 10.1. The number of hydrogen-bond donors (Lipinski definition) is 1. The number of nitrogens with one attached hydrogen (secondary N) is 1. The van der Waals surface area contributed by atoms with Gasteiger partial charge in [-0.1, -0.05) is 35.9 Å². The predicted octanol–water partition coefficient (Wildman–Crippen LogP) is 5.66. The summed E-state index contributed by atoms with van der Waals surface area (Å²) in [4.78, 5) is 12.4. The number of nitrogens with zero attached hydrogens (tertiary/aromatic N) is 1. The van der Waals surface area contributed by atoms with E-state index in [2.05, 4.69) is 11.4 Å². The molecule has 0 spiro atoms. The van der Waals surface area contributed by atoms with Gasteiger partial charge in [0.15, 0.2) is 11.5 Å². The number of benzene rings is 3. The van der Waals surface area contributed by atoms with Crippen LogP contribution >= 0.6 is 0 Å². The summed E-state index contributed by atoms with van der Waals surface area (Å²) in [6.45, 7) is 4.71. The Hall–Kier alpha value is -4.11. The van der Waals surface area contributed by atoms with Gasteiger partial charge < -0.3 is 14.8 Å². The number of hydrogen-bond acceptors (Lipinski definition) is 4. The molecule has 0 aliphatic rings. The van der Waals surface area contributed by atoms with Gasteiger partial charge in [0, 0.05) is 5.69 Å². The molecule has 0 unspecified atom stereocenters. The minimum atomic E-state index is -0.586. The summed E-state index contributed by atoms with van der Waals surface area (Å²) in [5.74, 6) is 0.0916. The highest BCUT2D eigenvalue weighted by atomic mass is 19.1. The standard InChI is InChI=1S/C26H23FN2O3/c1-3-31-25-15-19(7-12-24(25)32-17-20-6-4-5-18(2)13-20)14-21(16-28)26(30)29-23-10-8-22(27)9-11-23/h4-15H,3,17H2,1-2H3,(H,29,30)/b21-14+. The average molecular weight is 430 g/mol. The van der Waals surface area contributed by atoms with E-state index in [1.807, 2.05) is 38.1 Å². The highest BCUT2D eigenvalue weighted by Gasteiger charge is 2.12. The molecule has 1 amide bonds. The van der Waals surface area contributed by atoms with Crippen molar-refractivity contribution < 1.29 is 18.7 Å². The van der Waals surface area contributed by atoms with E-state index >= 15 is 0 Å². The summed E-state index contributed by atoms with van der Waals surface area (Å²) < 4.78 is 24.7. The van der Waals surface area contributed by atoms with Crippen molar-refractivity contribution in [2.24, 2.45) is 0 Å². The molecule has 0 radical (unpaired) electrons. The third kappa shape index (κ3) is 6.19. The van der Waals surface area contributed by atoms with Crippen LogP contribution in [0.3, 0.4) is 0 Å². The molecule has 3 aromatic carbocycles. The van der Waals surface area contributed by atoms with Crippen molar-refractivity contribution >= 4 is 17.7 Å². The minimum absolute atomic E-state index is 0.0924. The van der Waals surface area contributed by atoms with E-state index in [1.165, 1.54) is 30.3 Å². The second-order valence-corrected chi connectivity index (χ2v) is 7.05. The molecule has 0 fully saturated rings. The van der Waals surface area contributed by atoms with Gasteiger partial charge in [0.25, 0.3) is 5.91 Å². The lowest BCUT2D eigenvalue weighted by molar-refractivity contribution is -0.112. The fourth-order valence-electron chi connectivity index (χ4n) is 3.01. The van der Waals surface area contributed by atoms with Crippen LogP contribution < -0.4 is 14.8 Å². The second kappa shape index (κ2) is 10.8. The zero-order valence-electron chi connectivity index (χ0n) is 17.9. The molecule has 5 nitrogen and oxygen atoms in total. The van der Waals surface area contributed by atoms with Gasteiger partial charge in [-0.05, 0) is 67.4 Å². The maximum atomic E-state index is 13.0. The molecule has 0 aliphatic heterocycles. The van der Waals surface area contributed by atoms with E-state index in [0.29, 0.717) is 36.0 Å². The summed E-state index contributed by atoms with van der Waals surface area (Å²) in [5, 5.41) is 12.0. The van der Waals surface area contributed by atoms with Crippen molar-refractivity contribution in [3.63, 3.8) is 0 Å². The van der Waals surface area contributed by atoms with E-state index in [1.54, 1.807) is 18.2 Å². The summed E-state index contributed by atoms with van der Waals surface area (Å²) in [6.07, 6.45) is 1.46. The molecule has 6 heteroatoms. The SMILES string of the molecule is CCOc1cc(/C=C(\C#N)C(=O)Nc2ccc(F)cc2)ccc1OCc1cccc(C)c1. The Labute approximate surface area is 186 Å². The molecule has 0 atom stereocenters. The van der Waals surface area contributed by atoms with Crippen LogP contribution in [0, 0.1) is 24.1 Å². The number of rotatable bonds is 8. The van der Waals surface area contributed by atoms with E-state index in [4.69, 9.17) is 9.47 Å². The molecule has 0 saturated carbocycles. The normalized spacial score (nSPS) is 10.9. The Balaban J connectivity index is 1.77. The lowest BCUT2D eigenvalue weighted by atomic mass is 10.1.